The van der Waals surface area contributed by atoms with Crippen LogP contribution in [0.1, 0.15) is 66.9 Å². The van der Waals surface area contributed by atoms with Gasteiger partial charge >= 0.3 is 5.97 Å². The number of benzene rings is 1. The Hall–Kier alpha value is -2.86. The van der Waals surface area contributed by atoms with Crippen LogP contribution in [0.3, 0.4) is 0 Å². The van der Waals surface area contributed by atoms with Gasteiger partial charge in [0.15, 0.2) is 0 Å². The van der Waals surface area contributed by atoms with Crippen LogP contribution in [-0.4, -0.2) is 23.2 Å². The minimum Gasteiger partial charge on any atom is -0.462 e. The van der Waals surface area contributed by atoms with Gasteiger partial charge in [0, 0.05) is 28.6 Å². The monoisotopic (exact) mass is 384 g/mol. The maximum absolute atomic E-state index is 14.9. The first-order chi connectivity index (χ1) is 13.5. The fourth-order valence-corrected chi connectivity index (χ4v) is 4.13. The number of halogens is 1. The number of carbonyl (C=O) groups excluding carboxylic acids is 1. The zero-order valence-electron chi connectivity index (χ0n) is 15.6. The molecule has 28 heavy (non-hydrogen) atoms. The number of fused-ring (bicyclic) bond motifs is 1. The molecule has 0 aliphatic heterocycles. The summed E-state index contributed by atoms with van der Waals surface area (Å²) in [5.74, 6) is -1.19. The predicted octanol–water partition coefficient (Wildman–Crippen LogP) is 4.60. The lowest BCUT2D eigenvalue weighted by atomic mass is 9.95. The Morgan fingerprint density at radius 1 is 1.36 bits per heavy atom. The summed E-state index contributed by atoms with van der Waals surface area (Å²) in [4.78, 5) is 27.9. The number of nitrogens with zero attached hydrogens (tertiary/aromatic N) is 4. The number of hydrogen-bond acceptors (Lipinski definition) is 4. The SMILES string of the molecule is CCOC(=O)c1cn(C2CC2)c2cc(C3CCC(N=[N+]=[N-])C3)c(F)cc2c1=O. The van der Waals surface area contributed by atoms with Crippen molar-refractivity contribution in [1.82, 2.24) is 4.57 Å². The molecule has 8 heteroatoms. The van der Waals surface area contributed by atoms with Crippen molar-refractivity contribution in [1.29, 1.82) is 0 Å². The van der Waals surface area contributed by atoms with Crippen molar-refractivity contribution in [3.8, 4) is 0 Å². The van der Waals surface area contributed by atoms with E-state index in [1.165, 1.54) is 6.07 Å². The van der Waals surface area contributed by atoms with Gasteiger partial charge in [-0.25, -0.2) is 9.18 Å². The second-order valence-electron chi connectivity index (χ2n) is 7.49. The van der Waals surface area contributed by atoms with Crippen molar-refractivity contribution in [3.63, 3.8) is 0 Å². The van der Waals surface area contributed by atoms with Crippen LogP contribution in [0, 0.1) is 5.82 Å². The normalized spacial score (nSPS) is 21.5. The van der Waals surface area contributed by atoms with Crippen LogP contribution in [0.2, 0.25) is 0 Å². The second kappa shape index (κ2) is 7.28. The number of azide groups is 1. The molecule has 2 aliphatic carbocycles. The number of carbonyl (C=O) groups is 1. The Labute approximate surface area is 160 Å². The molecular weight excluding hydrogens is 363 g/mol. The van der Waals surface area contributed by atoms with Gasteiger partial charge in [-0.2, -0.15) is 0 Å². The van der Waals surface area contributed by atoms with Crippen molar-refractivity contribution >= 4 is 16.9 Å². The van der Waals surface area contributed by atoms with Crippen LogP contribution < -0.4 is 5.43 Å². The van der Waals surface area contributed by atoms with Gasteiger partial charge in [0.25, 0.3) is 0 Å². The van der Waals surface area contributed by atoms with Gasteiger partial charge in [-0.05, 0) is 68.2 Å². The Bertz CT molecular complexity index is 1050. The van der Waals surface area contributed by atoms with E-state index in [9.17, 15) is 14.0 Å². The van der Waals surface area contributed by atoms with E-state index in [2.05, 4.69) is 10.0 Å². The molecule has 1 heterocycles. The smallest absolute Gasteiger partial charge is 0.343 e. The van der Waals surface area contributed by atoms with Crippen LogP contribution >= 0.6 is 0 Å². The van der Waals surface area contributed by atoms with Crippen LogP contribution in [0.4, 0.5) is 4.39 Å². The molecule has 0 amide bonds. The Morgan fingerprint density at radius 2 is 2.14 bits per heavy atom. The number of aromatic nitrogens is 1. The number of hydrogen-bond donors (Lipinski definition) is 0. The van der Waals surface area contributed by atoms with E-state index in [1.807, 2.05) is 4.57 Å². The fourth-order valence-electron chi connectivity index (χ4n) is 4.13. The highest BCUT2D eigenvalue weighted by Crippen LogP contribution is 2.41. The van der Waals surface area contributed by atoms with Crippen molar-refractivity contribution < 1.29 is 13.9 Å². The first-order valence-corrected chi connectivity index (χ1v) is 9.63. The minimum absolute atomic E-state index is 0.0487. The summed E-state index contributed by atoms with van der Waals surface area (Å²) in [6.07, 6.45) is 5.52. The molecule has 2 aromatic rings. The molecule has 0 N–H and O–H groups in total. The molecular formula is C20H21FN4O3. The van der Waals surface area contributed by atoms with E-state index in [0.717, 1.165) is 25.7 Å². The van der Waals surface area contributed by atoms with E-state index < -0.39 is 17.2 Å². The molecule has 0 radical (unpaired) electrons. The molecule has 0 saturated heterocycles. The summed E-state index contributed by atoms with van der Waals surface area (Å²) in [6.45, 7) is 1.84. The first kappa shape index (κ1) is 18.5. The molecule has 4 rings (SSSR count). The maximum atomic E-state index is 14.9. The molecule has 2 fully saturated rings. The second-order valence-corrected chi connectivity index (χ2v) is 7.49. The van der Waals surface area contributed by atoms with Crippen LogP contribution in [0.15, 0.2) is 28.2 Å². The van der Waals surface area contributed by atoms with E-state index in [-0.39, 0.29) is 35.6 Å². The molecule has 0 spiro atoms. The van der Waals surface area contributed by atoms with E-state index >= 15 is 0 Å². The van der Waals surface area contributed by atoms with Crippen LogP contribution in [-0.2, 0) is 4.74 Å². The van der Waals surface area contributed by atoms with Gasteiger partial charge in [0.05, 0.1) is 12.1 Å². The average Bonchev–Trinajstić information content (AvgIpc) is 3.41. The third-order valence-electron chi connectivity index (χ3n) is 5.65. The summed E-state index contributed by atoms with van der Waals surface area (Å²) in [5, 5.41) is 3.96. The molecule has 2 unspecified atom stereocenters. The fraction of sp³-hybridized carbons (Fsp3) is 0.500. The topological polar surface area (TPSA) is 97.1 Å². The lowest BCUT2D eigenvalue weighted by Gasteiger charge is -2.17. The van der Waals surface area contributed by atoms with Gasteiger partial charge in [-0.1, -0.05) is 5.11 Å². The van der Waals surface area contributed by atoms with Crippen LogP contribution in [0.25, 0.3) is 21.3 Å². The lowest BCUT2D eigenvalue weighted by Crippen LogP contribution is -2.21. The van der Waals surface area contributed by atoms with Gasteiger partial charge in [0.2, 0.25) is 5.43 Å². The highest BCUT2D eigenvalue weighted by atomic mass is 19.1. The zero-order valence-corrected chi connectivity index (χ0v) is 15.6. The van der Waals surface area contributed by atoms with Gasteiger partial charge in [-0.15, -0.1) is 0 Å². The quantitative estimate of drug-likeness (QED) is 0.326. The predicted molar refractivity (Wildman–Crippen MR) is 102 cm³/mol. The van der Waals surface area contributed by atoms with Crippen molar-refractivity contribution in [3.05, 3.63) is 55.9 Å². The van der Waals surface area contributed by atoms with E-state index in [4.69, 9.17) is 10.3 Å². The van der Waals surface area contributed by atoms with Gasteiger partial charge < -0.3 is 9.30 Å². The Morgan fingerprint density at radius 3 is 2.82 bits per heavy atom. The number of pyridine rings is 1. The number of esters is 1. The molecule has 146 valence electrons. The first-order valence-electron chi connectivity index (χ1n) is 9.63. The van der Waals surface area contributed by atoms with Crippen molar-refractivity contribution in [2.75, 3.05) is 6.61 Å². The largest absolute Gasteiger partial charge is 0.462 e. The average molecular weight is 384 g/mol. The number of rotatable bonds is 5. The summed E-state index contributed by atoms with van der Waals surface area (Å²) in [6, 6.07) is 3.06. The molecule has 7 nitrogen and oxygen atoms in total. The van der Waals surface area contributed by atoms with Gasteiger partial charge in [0.1, 0.15) is 11.4 Å². The third-order valence-corrected chi connectivity index (χ3v) is 5.65. The van der Waals surface area contributed by atoms with Crippen molar-refractivity contribution in [2.45, 2.75) is 57.0 Å². The van der Waals surface area contributed by atoms with E-state index in [0.29, 0.717) is 17.5 Å². The number of ether oxygens (including phenoxy) is 1. The summed E-state index contributed by atoms with van der Waals surface area (Å²) in [5.41, 5.74) is 9.25. The highest BCUT2D eigenvalue weighted by molar-refractivity contribution is 5.94. The standard InChI is InChI=1S/C20H21FN4O3/c1-2-28-20(27)16-10-25(13-5-6-13)18-9-14(17(21)8-15(18)19(16)26)11-3-4-12(7-11)23-24-22/h8-13H,2-7H2,1H3. The lowest BCUT2D eigenvalue weighted by molar-refractivity contribution is 0.0524. The Kier molecular flexibility index (Phi) is 4.81. The van der Waals surface area contributed by atoms with E-state index in [1.54, 1.807) is 19.2 Å². The summed E-state index contributed by atoms with van der Waals surface area (Å²) < 4.78 is 21.8. The maximum Gasteiger partial charge on any atom is 0.343 e. The molecule has 2 aliphatic rings. The molecule has 0 bridgehead atoms. The summed E-state index contributed by atoms with van der Waals surface area (Å²) in [7, 11) is 0. The molecule has 2 atom stereocenters. The minimum atomic E-state index is -0.679. The zero-order chi connectivity index (χ0) is 19.8. The van der Waals surface area contributed by atoms with Gasteiger partial charge in [-0.3, -0.25) is 4.79 Å². The van der Waals surface area contributed by atoms with Crippen LogP contribution in [0.5, 0.6) is 0 Å². The molecule has 1 aromatic carbocycles. The van der Waals surface area contributed by atoms with Crippen molar-refractivity contribution in [2.24, 2.45) is 5.11 Å². The third kappa shape index (κ3) is 3.24. The molecule has 1 aromatic heterocycles. The Balaban J connectivity index is 1.84. The molecule has 2 saturated carbocycles. The highest BCUT2D eigenvalue weighted by Gasteiger charge is 2.31. The summed E-state index contributed by atoms with van der Waals surface area (Å²) >= 11 is 0.